The minimum absolute atomic E-state index is 0.0972. The van der Waals surface area contributed by atoms with Crippen molar-refractivity contribution in [2.75, 3.05) is 0 Å². The Labute approximate surface area is 87.1 Å². The number of rotatable bonds is 2. The van der Waals surface area contributed by atoms with Crippen LogP contribution in [0, 0.1) is 6.92 Å². The first kappa shape index (κ1) is 9.80. The van der Waals surface area contributed by atoms with Crippen LogP contribution in [0.15, 0.2) is 6.20 Å². The Balaban J connectivity index is 2.09. The van der Waals surface area contributed by atoms with Crippen molar-refractivity contribution in [2.45, 2.75) is 38.9 Å². The van der Waals surface area contributed by atoms with Gasteiger partial charge in [-0.1, -0.05) is 0 Å². The predicted octanol–water partition coefficient (Wildman–Crippen LogP) is 2.20. The van der Waals surface area contributed by atoms with Crippen LogP contribution in [-0.4, -0.2) is 23.0 Å². The van der Waals surface area contributed by atoms with Crippen molar-refractivity contribution >= 4 is 17.1 Å². The Kier molecular flexibility index (Phi) is 2.65. The number of carbonyl (C=O) groups is 1. The van der Waals surface area contributed by atoms with E-state index >= 15 is 0 Å². The first-order chi connectivity index (χ1) is 6.66. The molecule has 0 bridgehead atoms. The third kappa shape index (κ3) is 1.86. The highest BCUT2D eigenvalue weighted by Crippen LogP contribution is 2.24. The molecule has 76 valence electrons. The van der Waals surface area contributed by atoms with E-state index in [4.69, 9.17) is 4.74 Å². The van der Waals surface area contributed by atoms with Crippen LogP contribution < -0.4 is 0 Å². The molecule has 0 amide bonds. The standard InChI is InChI=1S/C10H13NO2S/c1-6-3-4-8(13-6)10(12)9-5-11-7(2)14-9/h5-6,8H,3-4H2,1-2H3. The molecule has 2 unspecified atom stereocenters. The van der Waals surface area contributed by atoms with Crippen LogP contribution in [0.2, 0.25) is 0 Å². The molecule has 2 rings (SSSR count). The first-order valence-electron chi connectivity index (χ1n) is 4.79. The van der Waals surface area contributed by atoms with E-state index in [0.717, 1.165) is 22.7 Å². The summed E-state index contributed by atoms with van der Waals surface area (Å²) in [5.41, 5.74) is 0. The topological polar surface area (TPSA) is 39.2 Å². The molecular formula is C10H13NO2S. The van der Waals surface area contributed by atoms with Crippen LogP contribution >= 0.6 is 11.3 Å². The molecule has 4 heteroatoms. The van der Waals surface area contributed by atoms with Gasteiger partial charge in [0.1, 0.15) is 6.10 Å². The number of ether oxygens (including phenoxy) is 1. The van der Waals surface area contributed by atoms with Crippen LogP contribution in [0.3, 0.4) is 0 Å². The normalized spacial score (nSPS) is 26.7. The third-order valence-corrected chi connectivity index (χ3v) is 3.32. The molecule has 1 aromatic heterocycles. The summed E-state index contributed by atoms with van der Waals surface area (Å²) in [5.74, 6) is 0.0972. The highest BCUT2D eigenvalue weighted by atomic mass is 32.1. The van der Waals surface area contributed by atoms with Crippen molar-refractivity contribution in [1.82, 2.24) is 4.98 Å². The molecular weight excluding hydrogens is 198 g/mol. The Morgan fingerprint density at radius 2 is 2.43 bits per heavy atom. The van der Waals surface area contributed by atoms with E-state index in [0.29, 0.717) is 0 Å². The van der Waals surface area contributed by atoms with Crippen molar-refractivity contribution in [1.29, 1.82) is 0 Å². The third-order valence-electron chi connectivity index (χ3n) is 2.39. The summed E-state index contributed by atoms with van der Waals surface area (Å²) in [4.78, 5) is 16.6. The maximum absolute atomic E-state index is 11.9. The number of thiazole rings is 1. The highest BCUT2D eigenvalue weighted by Gasteiger charge is 2.29. The molecule has 0 saturated carbocycles. The van der Waals surface area contributed by atoms with Gasteiger partial charge in [-0.3, -0.25) is 4.79 Å². The van der Waals surface area contributed by atoms with Gasteiger partial charge < -0.3 is 4.74 Å². The number of aryl methyl sites for hydroxylation is 1. The summed E-state index contributed by atoms with van der Waals surface area (Å²) in [5, 5.41) is 0.930. The SMILES string of the molecule is Cc1ncc(C(=O)C2CCC(C)O2)s1. The Morgan fingerprint density at radius 1 is 1.64 bits per heavy atom. The molecule has 0 spiro atoms. The number of aromatic nitrogens is 1. The van der Waals surface area contributed by atoms with Gasteiger partial charge in [-0.05, 0) is 26.7 Å². The van der Waals surface area contributed by atoms with E-state index in [-0.39, 0.29) is 18.0 Å². The van der Waals surface area contributed by atoms with E-state index in [1.54, 1.807) is 6.20 Å². The predicted molar refractivity (Wildman–Crippen MR) is 54.8 cm³/mol. The number of ketones is 1. The summed E-state index contributed by atoms with van der Waals surface area (Å²) in [7, 11) is 0. The Morgan fingerprint density at radius 3 is 2.93 bits per heavy atom. The molecule has 2 atom stereocenters. The van der Waals surface area contributed by atoms with Crippen LogP contribution in [0.5, 0.6) is 0 Å². The summed E-state index contributed by atoms with van der Waals surface area (Å²) in [6.07, 6.45) is 3.46. The fraction of sp³-hybridized carbons (Fsp3) is 0.600. The minimum atomic E-state index is -0.232. The van der Waals surface area contributed by atoms with Gasteiger partial charge in [0.15, 0.2) is 0 Å². The Bertz CT molecular complexity index is 348. The summed E-state index contributed by atoms with van der Waals surface area (Å²) < 4.78 is 5.52. The van der Waals surface area contributed by atoms with Gasteiger partial charge in [0, 0.05) is 6.20 Å². The van der Waals surface area contributed by atoms with E-state index in [2.05, 4.69) is 4.98 Å². The molecule has 0 aromatic carbocycles. The number of Topliss-reactive ketones (excluding diaryl/α,β-unsaturated/α-hetero) is 1. The molecule has 1 saturated heterocycles. The monoisotopic (exact) mass is 211 g/mol. The van der Waals surface area contributed by atoms with Gasteiger partial charge in [-0.15, -0.1) is 11.3 Å². The van der Waals surface area contributed by atoms with Crippen LogP contribution in [-0.2, 0) is 4.74 Å². The Hall–Kier alpha value is -0.740. The zero-order valence-electron chi connectivity index (χ0n) is 8.32. The van der Waals surface area contributed by atoms with Crippen molar-refractivity contribution in [3.63, 3.8) is 0 Å². The lowest BCUT2D eigenvalue weighted by Gasteiger charge is -2.07. The van der Waals surface area contributed by atoms with Crippen LogP contribution in [0.4, 0.5) is 0 Å². The first-order valence-corrected chi connectivity index (χ1v) is 5.60. The number of nitrogens with zero attached hydrogens (tertiary/aromatic N) is 1. The molecule has 1 aromatic rings. The fourth-order valence-electron chi connectivity index (χ4n) is 1.63. The lowest BCUT2D eigenvalue weighted by molar-refractivity contribution is 0.0436. The van der Waals surface area contributed by atoms with Crippen molar-refractivity contribution in [3.05, 3.63) is 16.1 Å². The number of carbonyl (C=O) groups excluding carboxylic acids is 1. The quantitative estimate of drug-likeness (QED) is 0.704. The summed E-state index contributed by atoms with van der Waals surface area (Å²) in [6, 6.07) is 0. The van der Waals surface area contributed by atoms with Gasteiger partial charge in [0.05, 0.1) is 16.0 Å². The molecule has 3 nitrogen and oxygen atoms in total. The number of hydrogen-bond acceptors (Lipinski definition) is 4. The second-order valence-corrected chi connectivity index (χ2v) is 4.86. The van der Waals surface area contributed by atoms with E-state index < -0.39 is 0 Å². The van der Waals surface area contributed by atoms with Crippen LogP contribution in [0.1, 0.15) is 34.4 Å². The van der Waals surface area contributed by atoms with Crippen molar-refractivity contribution < 1.29 is 9.53 Å². The number of hydrogen-bond donors (Lipinski definition) is 0. The van der Waals surface area contributed by atoms with E-state index in [1.165, 1.54) is 11.3 Å². The molecule has 2 heterocycles. The van der Waals surface area contributed by atoms with E-state index in [9.17, 15) is 4.79 Å². The molecule has 0 radical (unpaired) electrons. The fourth-order valence-corrected chi connectivity index (χ4v) is 2.39. The molecule has 14 heavy (non-hydrogen) atoms. The maximum Gasteiger partial charge on any atom is 0.203 e. The van der Waals surface area contributed by atoms with Gasteiger partial charge in [-0.25, -0.2) is 4.98 Å². The maximum atomic E-state index is 11.9. The van der Waals surface area contributed by atoms with Gasteiger partial charge >= 0.3 is 0 Å². The van der Waals surface area contributed by atoms with Gasteiger partial charge in [-0.2, -0.15) is 0 Å². The second-order valence-electron chi connectivity index (χ2n) is 3.62. The molecule has 1 fully saturated rings. The highest BCUT2D eigenvalue weighted by molar-refractivity contribution is 7.13. The zero-order valence-corrected chi connectivity index (χ0v) is 9.13. The van der Waals surface area contributed by atoms with Gasteiger partial charge in [0.2, 0.25) is 5.78 Å². The largest absolute Gasteiger partial charge is 0.367 e. The van der Waals surface area contributed by atoms with Crippen molar-refractivity contribution in [2.24, 2.45) is 0 Å². The zero-order chi connectivity index (χ0) is 10.1. The lowest BCUT2D eigenvalue weighted by Crippen LogP contribution is -2.19. The average molecular weight is 211 g/mol. The smallest absolute Gasteiger partial charge is 0.203 e. The van der Waals surface area contributed by atoms with E-state index in [1.807, 2.05) is 13.8 Å². The lowest BCUT2D eigenvalue weighted by atomic mass is 10.1. The molecule has 1 aliphatic heterocycles. The average Bonchev–Trinajstić information content (AvgIpc) is 2.73. The second kappa shape index (κ2) is 3.79. The van der Waals surface area contributed by atoms with Gasteiger partial charge in [0.25, 0.3) is 0 Å². The van der Waals surface area contributed by atoms with Crippen molar-refractivity contribution in [3.8, 4) is 0 Å². The summed E-state index contributed by atoms with van der Waals surface area (Å²) in [6.45, 7) is 3.91. The molecule has 0 aliphatic carbocycles. The van der Waals surface area contributed by atoms with Crippen LogP contribution in [0.25, 0.3) is 0 Å². The molecule has 0 N–H and O–H groups in total. The summed E-state index contributed by atoms with van der Waals surface area (Å²) >= 11 is 1.44. The minimum Gasteiger partial charge on any atom is -0.367 e. The molecule has 1 aliphatic rings.